The maximum atomic E-state index is 2.53. The molecule has 0 amide bonds. The van der Waals surface area contributed by atoms with E-state index in [4.69, 9.17) is 0 Å². The summed E-state index contributed by atoms with van der Waals surface area (Å²) < 4.78 is 2.59. The topological polar surface area (TPSA) is 3.24 Å². The van der Waals surface area contributed by atoms with E-state index < -0.39 is 5.41 Å². The van der Waals surface area contributed by atoms with Crippen LogP contribution >= 0.6 is 11.3 Å². The fourth-order valence-corrected chi connectivity index (χ4v) is 12.0. The number of para-hydroxylation sites is 1. The van der Waals surface area contributed by atoms with Crippen LogP contribution in [0.3, 0.4) is 0 Å². The number of rotatable bonds is 5. The molecule has 1 nitrogen and oxygen atoms in total. The summed E-state index contributed by atoms with van der Waals surface area (Å²) in [7, 11) is 0. The highest BCUT2D eigenvalue weighted by Gasteiger charge is 2.51. The highest BCUT2D eigenvalue weighted by Crippen LogP contribution is 2.63. The molecule has 1 aromatic heterocycles. The van der Waals surface area contributed by atoms with Gasteiger partial charge in [-0.25, -0.2) is 0 Å². The summed E-state index contributed by atoms with van der Waals surface area (Å²) in [6, 6.07) is 83.4. The van der Waals surface area contributed by atoms with Crippen molar-refractivity contribution >= 4 is 59.3 Å². The van der Waals surface area contributed by atoms with E-state index in [9.17, 15) is 0 Å². The molecule has 2 aliphatic carbocycles. The van der Waals surface area contributed by atoms with Crippen molar-refractivity contribution in [3.63, 3.8) is 0 Å². The monoisotopic (exact) mass is 791 g/mol. The molecular weight excluding hydrogens is 755 g/mol. The molecule has 1 heterocycles. The number of hydrogen-bond acceptors (Lipinski definition) is 2. The molecule has 13 rings (SSSR count). The Morgan fingerprint density at radius 1 is 0.328 bits per heavy atom. The summed E-state index contributed by atoms with van der Waals surface area (Å²) in [4.78, 5) is 2.43. The molecule has 1 spiro atoms. The summed E-state index contributed by atoms with van der Waals surface area (Å²) in [5.41, 5.74) is 18.7. The Morgan fingerprint density at radius 3 is 1.52 bits per heavy atom. The summed E-state index contributed by atoms with van der Waals surface area (Å²) in [5.74, 6) is 0. The lowest BCUT2D eigenvalue weighted by Crippen LogP contribution is -2.25. The van der Waals surface area contributed by atoms with Gasteiger partial charge in [-0.15, -0.1) is 11.3 Å². The number of nitrogens with zero attached hydrogens (tertiary/aromatic N) is 1. The summed E-state index contributed by atoms with van der Waals surface area (Å²) in [6.07, 6.45) is 0. The molecule has 2 heteroatoms. The van der Waals surface area contributed by atoms with Gasteiger partial charge in [0.25, 0.3) is 0 Å². The van der Waals surface area contributed by atoms with Crippen molar-refractivity contribution in [1.29, 1.82) is 0 Å². The van der Waals surface area contributed by atoms with E-state index in [0.717, 1.165) is 11.4 Å². The first-order valence-electron chi connectivity index (χ1n) is 21.1. The second-order valence-electron chi connectivity index (χ2n) is 16.3. The van der Waals surface area contributed by atoms with Crippen LogP contribution in [0.2, 0.25) is 0 Å². The average molecular weight is 792 g/mol. The van der Waals surface area contributed by atoms with Gasteiger partial charge < -0.3 is 4.90 Å². The van der Waals surface area contributed by atoms with Gasteiger partial charge in [-0.2, -0.15) is 0 Å². The van der Waals surface area contributed by atoms with Gasteiger partial charge in [-0.1, -0.05) is 176 Å². The Bertz CT molecular complexity index is 3460. The zero-order valence-corrected chi connectivity index (χ0v) is 34.0. The van der Waals surface area contributed by atoms with E-state index in [1.807, 2.05) is 11.3 Å². The van der Waals surface area contributed by atoms with Crippen molar-refractivity contribution in [3.8, 4) is 44.5 Å². The second kappa shape index (κ2) is 13.2. The van der Waals surface area contributed by atoms with E-state index in [1.165, 1.54) is 103 Å². The maximum absolute atomic E-state index is 2.53. The van der Waals surface area contributed by atoms with Gasteiger partial charge in [0.15, 0.2) is 0 Å². The van der Waals surface area contributed by atoms with E-state index in [0.29, 0.717) is 0 Å². The van der Waals surface area contributed by atoms with E-state index in [2.05, 4.69) is 229 Å². The van der Waals surface area contributed by atoms with E-state index in [1.54, 1.807) is 0 Å². The molecule has 0 saturated heterocycles. The third kappa shape index (κ3) is 4.88. The third-order valence-corrected chi connectivity index (χ3v) is 14.5. The van der Waals surface area contributed by atoms with Crippen LogP contribution < -0.4 is 4.90 Å². The van der Waals surface area contributed by atoms with Crippen molar-refractivity contribution in [1.82, 2.24) is 0 Å². The third-order valence-electron chi connectivity index (χ3n) is 13.3. The summed E-state index contributed by atoms with van der Waals surface area (Å²) >= 11 is 1.90. The van der Waals surface area contributed by atoms with Crippen LogP contribution in [0.5, 0.6) is 0 Å². The lowest BCUT2D eigenvalue weighted by molar-refractivity contribution is 0.794. The number of thiophene rings is 1. The standard InChI is InChI=1S/C59H37NS/c1-3-16-38(17-4-1)39-30-33-42(34-31-39)60(41-18-5-2-6-19-41)55-28-15-29-56-57(55)50-37-49(43-20-7-8-24-48(43)58(50)61-56)40-32-35-47-46-23-11-14-27-53(46)59(54(47)36-40)51-25-12-9-21-44(51)45-22-10-13-26-52(45)59/h1-37H. The van der Waals surface area contributed by atoms with Crippen molar-refractivity contribution in [2.45, 2.75) is 5.41 Å². The summed E-state index contributed by atoms with van der Waals surface area (Å²) in [6.45, 7) is 0. The maximum Gasteiger partial charge on any atom is 0.0725 e. The lowest BCUT2D eigenvalue weighted by atomic mass is 9.70. The predicted octanol–water partition coefficient (Wildman–Crippen LogP) is 16.4. The zero-order valence-electron chi connectivity index (χ0n) is 33.2. The van der Waals surface area contributed by atoms with Crippen LogP contribution in [0.4, 0.5) is 17.1 Å². The highest BCUT2D eigenvalue weighted by atomic mass is 32.1. The molecule has 10 aromatic carbocycles. The Morgan fingerprint density at radius 2 is 0.852 bits per heavy atom. The zero-order chi connectivity index (χ0) is 40.1. The van der Waals surface area contributed by atoms with Gasteiger partial charge >= 0.3 is 0 Å². The average Bonchev–Trinajstić information content (AvgIpc) is 3.97. The normalized spacial score (nSPS) is 13.0. The molecule has 0 aliphatic heterocycles. The van der Waals surface area contributed by atoms with Gasteiger partial charge in [0.2, 0.25) is 0 Å². The number of hydrogen-bond donors (Lipinski definition) is 0. The summed E-state index contributed by atoms with van der Waals surface area (Å²) in [5, 5.41) is 5.11. The first-order valence-corrected chi connectivity index (χ1v) is 21.9. The molecule has 0 unspecified atom stereocenters. The minimum Gasteiger partial charge on any atom is -0.310 e. The molecule has 11 aromatic rings. The molecule has 0 N–H and O–H groups in total. The molecular formula is C59H37NS. The van der Waals surface area contributed by atoms with Gasteiger partial charge in [-0.3, -0.25) is 0 Å². The van der Waals surface area contributed by atoms with Gasteiger partial charge in [0.1, 0.15) is 0 Å². The first-order chi connectivity index (χ1) is 30.3. The molecule has 0 fully saturated rings. The minimum atomic E-state index is -0.399. The van der Waals surface area contributed by atoms with Crippen molar-refractivity contribution in [2.24, 2.45) is 0 Å². The van der Waals surface area contributed by atoms with Gasteiger partial charge in [0.05, 0.1) is 11.1 Å². The van der Waals surface area contributed by atoms with E-state index >= 15 is 0 Å². The van der Waals surface area contributed by atoms with Crippen LogP contribution in [0.15, 0.2) is 224 Å². The van der Waals surface area contributed by atoms with Crippen LogP contribution in [0.1, 0.15) is 22.3 Å². The predicted molar refractivity (Wildman–Crippen MR) is 259 cm³/mol. The van der Waals surface area contributed by atoms with Gasteiger partial charge in [0, 0.05) is 36.9 Å². The number of fused-ring (bicyclic) bond motifs is 15. The largest absolute Gasteiger partial charge is 0.310 e. The Labute approximate surface area is 359 Å². The van der Waals surface area contributed by atoms with Crippen LogP contribution in [-0.4, -0.2) is 0 Å². The Hall–Kier alpha value is -7.52. The molecule has 0 atom stereocenters. The van der Waals surface area contributed by atoms with Crippen LogP contribution in [0.25, 0.3) is 75.5 Å². The van der Waals surface area contributed by atoms with Crippen molar-refractivity contribution in [3.05, 3.63) is 247 Å². The second-order valence-corrected chi connectivity index (χ2v) is 17.4. The van der Waals surface area contributed by atoms with E-state index in [-0.39, 0.29) is 0 Å². The fourth-order valence-electron chi connectivity index (χ4n) is 10.8. The van der Waals surface area contributed by atoms with Crippen molar-refractivity contribution in [2.75, 3.05) is 4.90 Å². The molecule has 0 radical (unpaired) electrons. The first kappa shape index (κ1) is 34.4. The van der Waals surface area contributed by atoms with Crippen molar-refractivity contribution < 1.29 is 0 Å². The molecule has 284 valence electrons. The SMILES string of the molecule is c1ccc(-c2ccc(N(c3ccccc3)c3cccc4sc5c6ccccc6c(-c6ccc7c(c6)C6(c8ccccc8-c8ccccc86)c6ccccc6-7)cc5c34)cc2)cc1. The lowest BCUT2D eigenvalue weighted by Gasteiger charge is -2.30. The Kier molecular flexibility index (Phi) is 7.46. The Balaban J connectivity index is 1.06. The minimum absolute atomic E-state index is 0.399. The van der Waals surface area contributed by atoms with Crippen LogP contribution in [0, 0.1) is 0 Å². The fraction of sp³-hybridized carbons (Fsp3) is 0.0169. The number of benzene rings is 10. The van der Waals surface area contributed by atoms with Crippen LogP contribution in [-0.2, 0) is 5.41 Å². The number of anilines is 3. The van der Waals surface area contributed by atoms with Gasteiger partial charge in [-0.05, 0) is 121 Å². The molecule has 2 aliphatic rings. The smallest absolute Gasteiger partial charge is 0.0725 e. The molecule has 0 bridgehead atoms. The quantitative estimate of drug-likeness (QED) is 0.168. The molecule has 0 saturated carbocycles. The molecule has 61 heavy (non-hydrogen) atoms. The highest BCUT2D eigenvalue weighted by molar-refractivity contribution is 7.26.